The van der Waals surface area contributed by atoms with Crippen LogP contribution in [0.4, 0.5) is 11.4 Å². The van der Waals surface area contributed by atoms with Crippen molar-refractivity contribution in [3.8, 4) is 11.8 Å². The molecule has 0 saturated carbocycles. The number of piperazine rings is 1. The third-order valence-corrected chi connectivity index (χ3v) is 6.16. The molecule has 1 aliphatic carbocycles. The fourth-order valence-corrected chi connectivity index (χ4v) is 4.36. The molecule has 0 spiro atoms. The molecular weight excluding hydrogens is 418 g/mol. The van der Waals surface area contributed by atoms with Gasteiger partial charge in [-0.25, -0.2) is 4.98 Å². The summed E-state index contributed by atoms with van der Waals surface area (Å²) in [5, 5.41) is 21.7. The Kier molecular flexibility index (Phi) is 6.92. The number of aliphatic hydroxyl groups excluding tert-OH is 1. The summed E-state index contributed by atoms with van der Waals surface area (Å²) in [7, 11) is 1.59. The number of pyridine rings is 1. The van der Waals surface area contributed by atoms with Crippen LogP contribution < -0.4 is 15.0 Å². The van der Waals surface area contributed by atoms with Crippen molar-refractivity contribution in [2.45, 2.75) is 13.3 Å². The normalized spacial score (nSPS) is 17.9. The van der Waals surface area contributed by atoms with Crippen molar-refractivity contribution >= 4 is 23.4 Å². The summed E-state index contributed by atoms with van der Waals surface area (Å²) < 4.78 is 5.49. The summed E-state index contributed by atoms with van der Waals surface area (Å²) in [4.78, 5) is 21.9. The van der Waals surface area contributed by atoms with E-state index in [-0.39, 0.29) is 18.2 Å². The zero-order valence-corrected chi connectivity index (χ0v) is 19.0. The molecule has 172 valence electrons. The second-order valence-electron chi connectivity index (χ2n) is 8.46. The molecule has 1 unspecified atom stereocenters. The third kappa shape index (κ3) is 5.00. The number of nitriles is 1. The van der Waals surface area contributed by atoms with Crippen molar-refractivity contribution in [3.63, 3.8) is 0 Å². The van der Waals surface area contributed by atoms with Gasteiger partial charge in [0.05, 0.1) is 30.7 Å². The fraction of sp³-hybridized carbons (Fsp3) is 0.400. The molecule has 1 fully saturated rings. The van der Waals surface area contributed by atoms with E-state index in [0.29, 0.717) is 29.5 Å². The van der Waals surface area contributed by atoms with Gasteiger partial charge in [-0.15, -0.1) is 0 Å². The van der Waals surface area contributed by atoms with Crippen LogP contribution in [0.15, 0.2) is 30.3 Å². The Hall–Kier alpha value is -3.41. The number of anilines is 2. The Labute approximate surface area is 194 Å². The van der Waals surface area contributed by atoms with Crippen LogP contribution in [0, 0.1) is 17.2 Å². The highest BCUT2D eigenvalue weighted by Gasteiger charge is 2.22. The first-order valence-electron chi connectivity index (χ1n) is 11.2. The van der Waals surface area contributed by atoms with Gasteiger partial charge in [-0.2, -0.15) is 5.26 Å². The van der Waals surface area contributed by atoms with E-state index >= 15 is 0 Å². The highest BCUT2D eigenvalue weighted by Crippen LogP contribution is 2.30. The number of fused-ring (bicyclic) bond motifs is 1. The van der Waals surface area contributed by atoms with Crippen LogP contribution in [0.2, 0.25) is 0 Å². The summed E-state index contributed by atoms with van der Waals surface area (Å²) in [5.41, 5.74) is 3.97. The quantitative estimate of drug-likeness (QED) is 0.702. The summed E-state index contributed by atoms with van der Waals surface area (Å²) >= 11 is 0. The third-order valence-electron chi connectivity index (χ3n) is 6.16. The van der Waals surface area contributed by atoms with E-state index in [1.165, 1.54) is 0 Å². The summed E-state index contributed by atoms with van der Waals surface area (Å²) in [6, 6.07) is 9.30. The molecule has 2 aromatic rings. The number of carbonyl (C=O) groups is 1. The van der Waals surface area contributed by atoms with Crippen LogP contribution in [0.25, 0.3) is 6.08 Å². The smallest absolute Gasteiger partial charge is 0.274 e. The number of aromatic nitrogens is 1. The molecule has 0 radical (unpaired) electrons. The average molecular weight is 448 g/mol. The first kappa shape index (κ1) is 22.8. The predicted molar refractivity (Wildman–Crippen MR) is 128 cm³/mol. The van der Waals surface area contributed by atoms with E-state index in [2.05, 4.69) is 39.2 Å². The molecule has 33 heavy (non-hydrogen) atoms. The number of methoxy groups -OCH3 is 1. The van der Waals surface area contributed by atoms with E-state index in [4.69, 9.17) is 9.84 Å². The fourth-order valence-electron chi connectivity index (χ4n) is 4.36. The van der Waals surface area contributed by atoms with E-state index in [0.717, 1.165) is 49.5 Å². The van der Waals surface area contributed by atoms with Gasteiger partial charge in [0.15, 0.2) is 0 Å². The van der Waals surface area contributed by atoms with Crippen molar-refractivity contribution in [2.75, 3.05) is 56.7 Å². The van der Waals surface area contributed by atoms with Crippen LogP contribution in [-0.2, 0) is 6.42 Å². The van der Waals surface area contributed by atoms with E-state index in [9.17, 15) is 10.1 Å². The Bertz CT molecular complexity index is 1100. The number of aliphatic hydroxyl groups is 1. The Morgan fingerprint density at radius 2 is 2.09 bits per heavy atom. The highest BCUT2D eigenvalue weighted by atomic mass is 16.5. The number of carbonyl (C=O) groups excluding carboxylic acids is 1. The van der Waals surface area contributed by atoms with Gasteiger partial charge in [0.2, 0.25) is 0 Å². The van der Waals surface area contributed by atoms with Crippen molar-refractivity contribution < 1.29 is 14.6 Å². The Morgan fingerprint density at radius 1 is 1.30 bits per heavy atom. The number of amides is 1. The molecule has 8 heteroatoms. The van der Waals surface area contributed by atoms with Gasteiger partial charge in [-0.1, -0.05) is 19.1 Å². The number of benzene rings is 1. The molecule has 1 saturated heterocycles. The number of nitrogens with zero attached hydrogens (tertiary/aromatic N) is 4. The zero-order valence-electron chi connectivity index (χ0n) is 19.0. The minimum Gasteiger partial charge on any atom is -0.496 e. The summed E-state index contributed by atoms with van der Waals surface area (Å²) in [6.07, 6.45) is 4.87. The highest BCUT2D eigenvalue weighted by molar-refractivity contribution is 6.03. The molecular formula is C25H29N5O3. The predicted octanol–water partition coefficient (Wildman–Crippen LogP) is 2.53. The maximum absolute atomic E-state index is 13.0. The molecule has 8 nitrogen and oxygen atoms in total. The maximum Gasteiger partial charge on any atom is 0.274 e. The lowest BCUT2D eigenvalue weighted by Crippen LogP contribution is -2.47. The zero-order chi connectivity index (χ0) is 23.4. The SMILES string of the molecule is COc1cc(C(=O)Nc2ccc(N3CCN(CCO)CC3)c(C#N)c2)nc2c1C=CC(C)C2. The minimum atomic E-state index is -0.340. The number of nitrogens with one attached hydrogen (secondary N) is 1. The Balaban J connectivity index is 1.51. The molecule has 1 aromatic carbocycles. The van der Waals surface area contributed by atoms with Crippen LogP contribution in [0.1, 0.15) is 34.2 Å². The standard InChI is InChI=1S/C25H29N5O3/c1-17-3-5-20-21(13-17)28-22(15-24(20)33-2)25(32)27-19-4-6-23(18(14-19)16-26)30-9-7-29(8-10-30)11-12-31/h3-6,14-15,17,31H,7-13H2,1-2H3,(H,27,32). The second-order valence-corrected chi connectivity index (χ2v) is 8.46. The van der Waals surface area contributed by atoms with Crippen molar-refractivity contribution in [1.82, 2.24) is 9.88 Å². The summed E-state index contributed by atoms with van der Waals surface area (Å²) in [5.74, 6) is 0.638. The number of ether oxygens (including phenoxy) is 1. The molecule has 4 rings (SSSR count). The molecule has 1 amide bonds. The van der Waals surface area contributed by atoms with Gasteiger partial charge >= 0.3 is 0 Å². The lowest BCUT2D eigenvalue weighted by atomic mass is 9.94. The number of rotatable bonds is 6. The molecule has 2 N–H and O–H groups in total. The first-order chi connectivity index (χ1) is 16.0. The van der Waals surface area contributed by atoms with Gasteiger partial charge in [0.25, 0.3) is 5.91 Å². The lowest BCUT2D eigenvalue weighted by Gasteiger charge is -2.36. The number of β-amino-alcohol motifs (C(OH)–C–C–N with tert-alkyl or cyclic N) is 1. The first-order valence-corrected chi connectivity index (χ1v) is 11.2. The van der Waals surface area contributed by atoms with Gasteiger partial charge < -0.3 is 20.1 Å². The minimum absolute atomic E-state index is 0.151. The van der Waals surface area contributed by atoms with Crippen molar-refractivity contribution in [2.24, 2.45) is 5.92 Å². The molecule has 2 aliphatic rings. The number of hydrogen-bond donors (Lipinski definition) is 2. The topological polar surface area (TPSA) is 102 Å². The maximum atomic E-state index is 13.0. The Morgan fingerprint density at radius 3 is 2.79 bits per heavy atom. The van der Waals surface area contributed by atoms with E-state index < -0.39 is 0 Å². The van der Waals surface area contributed by atoms with E-state index in [1.54, 1.807) is 19.2 Å². The molecule has 1 atom stereocenters. The second kappa shape index (κ2) is 10.0. The van der Waals surface area contributed by atoms with Gasteiger partial charge in [-0.05, 0) is 30.5 Å². The van der Waals surface area contributed by atoms with Crippen molar-refractivity contribution in [1.29, 1.82) is 5.26 Å². The van der Waals surface area contributed by atoms with E-state index in [1.807, 2.05) is 18.2 Å². The molecule has 0 bridgehead atoms. The molecule has 2 heterocycles. The van der Waals surface area contributed by atoms with Gasteiger partial charge in [-0.3, -0.25) is 9.69 Å². The number of hydrogen-bond acceptors (Lipinski definition) is 7. The van der Waals surface area contributed by atoms with Crippen LogP contribution in [0.3, 0.4) is 0 Å². The lowest BCUT2D eigenvalue weighted by molar-refractivity contribution is 0.102. The van der Waals surface area contributed by atoms with Gasteiger partial charge in [0, 0.05) is 50.0 Å². The largest absolute Gasteiger partial charge is 0.496 e. The molecule has 1 aliphatic heterocycles. The monoisotopic (exact) mass is 447 g/mol. The molecule has 1 aromatic heterocycles. The summed E-state index contributed by atoms with van der Waals surface area (Å²) in [6.45, 7) is 6.17. The van der Waals surface area contributed by atoms with Crippen LogP contribution in [-0.4, -0.2) is 67.3 Å². The van der Waals surface area contributed by atoms with Crippen LogP contribution in [0.5, 0.6) is 5.75 Å². The number of allylic oxidation sites excluding steroid dienone is 1. The van der Waals surface area contributed by atoms with Crippen molar-refractivity contribution in [3.05, 3.63) is 52.9 Å². The van der Waals surface area contributed by atoms with Gasteiger partial charge in [0.1, 0.15) is 17.5 Å². The van der Waals surface area contributed by atoms with Crippen LogP contribution >= 0.6 is 0 Å². The average Bonchev–Trinajstić information content (AvgIpc) is 2.83.